The number of carbonyl (C=O) groups excluding carboxylic acids is 1. The number of hydrogen-bond acceptors (Lipinski definition) is 5. The number of nitrogens with zero attached hydrogens (tertiary/aromatic N) is 1. The maximum Gasteiger partial charge on any atom is 0.357 e. The van der Waals surface area contributed by atoms with Crippen LogP contribution >= 0.6 is 11.3 Å². The van der Waals surface area contributed by atoms with Gasteiger partial charge in [-0.3, -0.25) is 0 Å². The number of para-hydroxylation sites is 1. The Bertz CT molecular complexity index is 551. The molecule has 0 atom stereocenters. The molecule has 0 fully saturated rings. The molecule has 0 radical (unpaired) electrons. The first-order chi connectivity index (χ1) is 8.74. The molecule has 5 heteroatoms. The zero-order chi connectivity index (χ0) is 13.0. The molecule has 1 aromatic heterocycles. The molecule has 0 saturated carbocycles. The van der Waals surface area contributed by atoms with E-state index in [4.69, 9.17) is 0 Å². The van der Waals surface area contributed by atoms with Crippen molar-refractivity contribution in [2.45, 2.75) is 13.3 Å². The molecule has 0 bridgehead atoms. The van der Waals surface area contributed by atoms with E-state index >= 15 is 0 Å². The number of hydrogen-bond donors (Lipinski definition) is 1. The minimum absolute atomic E-state index is 0.332. The van der Waals surface area contributed by atoms with Crippen molar-refractivity contribution in [3.05, 3.63) is 40.9 Å². The van der Waals surface area contributed by atoms with E-state index in [-0.39, 0.29) is 0 Å². The fourth-order valence-corrected chi connectivity index (χ4v) is 2.29. The third-order valence-electron chi connectivity index (χ3n) is 2.54. The fraction of sp³-hybridized carbons (Fsp3) is 0.231. The summed E-state index contributed by atoms with van der Waals surface area (Å²) in [6.45, 7) is 2.10. The monoisotopic (exact) mass is 262 g/mol. The standard InChI is InChI=1S/C13H14N2O2S/c1-3-9-6-4-5-7-10(9)14-13-15-11(8-18-13)12(16)17-2/h4-8H,3H2,1-2H3,(H,14,15). The Hall–Kier alpha value is -1.88. The van der Waals surface area contributed by atoms with Crippen LogP contribution in [0.2, 0.25) is 0 Å². The smallest absolute Gasteiger partial charge is 0.357 e. The minimum Gasteiger partial charge on any atom is -0.464 e. The molecule has 1 aromatic carbocycles. The first-order valence-electron chi connectivity index (χ1n) is 5.63. The zero-order valence-electron chi connectivity index (χ0n) is 10.3. The number of ether oxygens (including phenoxy) is 1. The molecule has 0 aliphatic rings. The Morgan fingerprint density at radius 2 is 2.22 bits per heavy atom. The second-order valence-corrected chi connectivity index (χ2v) is 4.52. The molecular formula is C13H14N2O2S. The third kappa shape index (κ3) is 2.68. The van der Waals surface area contributed by atoms with E-state index in [1.54, 1.807) is 5.38 Å². The van der Waals surface area contributed by atoms with Crippen LogP contribution < -0.4 is 5.32 Å². The SMILES string of the molecule is CCc1ccccc1Nc1nc(C(=O)OC)cs1. The molecule has 0 aliphatic carbocycles. The third-order valence-corrected chi connectivity index (χ3v) is 3.30. The van der Waals surface area contributed by atoms with Crippen LogP contribution in [0.4, 0.5) is 10.8 Å². The van der Waals surface area contributed by atoms with Gasteiger partial charge in [0.2, 0.25) is 0 Å². The summed E-state index contributed by atoms with van der Waals surface area (Å²) in [4.78, 5) is 15.5. The number of thiazole rings is 1. The summed E-state index contributed by atoms with van der Waals surface area (Å²) in [5.74, 6) is -0.414. The van der Waals surface area contributed by atoms with Gasteiger partial charge in [-0.1, -0.05) is 25.1 Å². The number of aromatic nitrogens is 1. The summed E-state index contributed by atoms with van der Waals surface area (Å²) in [6, 6.07) is 8.04. The number of methoxy groups -OCH3 is 1. The molecule has 0 unspecified atom stereocenters. The van der Waals surface area contributed by atoms with Crippen LogP contribution in [-0.2, 0) is 11.2 Å². The quantitative estimate of drug-likeness (QED) is 0.859. The largest absolute Gasteiger partial charge is 0.464 e. The van der Waals surface area contributed by atoms with Crippen LogP contribution in [0.5, 0.6) is 0 Å². The molecule has 94 valence electrons. The number of benzene rings is 1. The van der Waals surface area contributed by atoms with E-state index < -0.39 is 5.97 Å². The van der Waals surface area contributed by atoms with Gasteiger partial charge in [0.05, 0.1) is 7.11 Å². The van der Waals surface area contributed by atoms with Gasteiger partial charge in [0.1, 0.15) is 0 Å². The highest BCUT2D eigenvalue weighted by molar-refractivity contribution is 7.14. The van der Waals surface area contributed by atoms with Crippen molar-refractivity contribution >= 4 is 28.1 Å². The van der Waals surface area contributed by atoms with Crippen LogP contribution in [0.15, 0.2) is 29.6 Å². The van der Waals surface area contributed by atoms with Gasteiger partial charge in [0.25, 0.3) is 0 Å². The van der Waals surface area contributed by atoms with Gasteiger partial charge in [-0.2, -0.15) is 0 Å². The Balaban J connectivity index is 2.19. The first-order valence-corrected chi connectivity index (χ1v) is 6.51. The average molecular weight is 262 g/mol. The number of rotatable bonds is 4. The van der Waals surface area contributed by atoms with Crippen LogP contribution in [0.3, 0.4) is 0 Å². The molecule has 18 heavy (non-hydrogen) atoms. The Morgan fingerprint density at radius 3 is 2.94 bits per heavy atom. The molecule has 0 spiro atoms. The maximum absolute atomic E-state index is 11.3. The molecule has 0 amide bonds. The van der Waals surface area contributed by atoms with Gasteiger partial charge in [-0.25, -0.2) is 9.78 Å². The maximum atomic E-state index is 11.3. The van der Waals surface area contributed by atoms with E-state index in [1.165, 1.54) is 24.0 Å². The minimum atomic E-state index is -0.414. The van der Waals surface area contributed by atoms with E-state index in [0.29, 0.717) is 10.8 Å². The van der Waals surface area contributed by atoms with E-state index in [9.17, 15) is 4.79 Å². The predicted octanol–water partition coefficient (Wildman–Crippen LogP) is 3.24. The number of aryl methyl sites for hydroxylation is 1. The van der Waals surface area contributed by atoms with Crippen molar-refractivity contribution < 1.29 is 9.53 Å². The van der Waals surface area contributed by atoms with Gasteiger partial charge < -0.3 is 10.1 Å². The van der Waals surface area contributed by atoms with Crippen LogP contribution in [0, 0.1) is 0 Å². The highest BCUT2D eigenvalue weighted by atomic mass is 32.1. The first kappa shape index (κ1) is 12.6. The summed E-state index contributed by atoms with van der Waals surface area (Å²) < 4.78 is 4.62. The molecule has 2 aromatic rings. The molecular weight excluding hydrogens is 248 g/mol. The highest BCUT2D eigenvalue weighted by Gasteiger charge is 2.11. The van der Waals surface area contributed by atoms with E-state index in [1.807, 2.05) is 18.2 Å². The number of nitrogens with one attached hydrogen (secondary N) is 1. The lowest BCUT2D eigenvalue weighted by atomic mass is 10.1. The number of carbonyl (C=O) groups is 1. The number of esters is 1. The summed E-state index contributed by atoms with van der Waals surface area (Å²) in [5, 5.41) is 5.60. The Kier molecular flexibility index (Phi) is 3.94. The molecule has 0 aliphatic heterocycles. The lowest BCUT2D eigenvalue weighted by molar-refractivity contribution is 0.0595. The van der Waals surface area contributed by atoms with Gasteiger partial charge in [-0.05, 0) is 18.1 Å². The fourth-order valence-electron chi connectivity index (χ4n) is 1.60. The second kappa shape index (κ2) is 5.64. The van der Waals surface area contributed by atoms with Crippen LogP contribution in [0.25, 0.3) is 0 Å². The zero-order valence-corrected chi connectivity index (χ0v) is 11.1. The van der Waals surface area contributed by atoms with Gasteiger partial charge in [0.15, 0.2) is 10.8 Å². The molecule has 2 rings (SSSR count). The highest BCUT2D eigenvalue weighted by Crippen LogP contribution is 2.24. The lowest BCUT2D eigenvalue weighted by Crippen LogP contribution is -2.02. The summed E-state index contributed by atoms with van der Waals surface area (Å²) in [5.41, 5.74) is 2.57. The molecule has 0 saturated heterocycles. The second-order valence-electron chi connectivity index (χ2n) is 3.67. The summed E-state index contributed by atoms with van der Waals surface area (Å²) in [7, 11) is 1.35. The van der Waals surface area contributed by atoms with Crippen molar-refractivity contribution in [2.75, 3.05) is 12.4 Å². The van der Waals surface area contributed by atoms with Gasteiger partial charge >= 0.3 is 5.97 Å². The van der Waals surface area contributed by atoms with Gasteiger partial charge in [0, 0.05) is 11.1 Å². The average Bonchev–Trinajstić information content (AvgIpc) is 2.87. The molecule has 1 N–H and O–H groups in total. The normalized spacial score (nSPS) is 10.1. The van der Waals surface area contributed by atoms with E-state index in [2.05, 4.69) is 28.0 Å². The van der Waals surface area contributed by atoms with Crippen molar-refractivity contribution in [2.24, 2.45) is 0 Å². The van der Waals surface area contributed by atoms with Crippen molar-refractivity contribution in [3.8, 4) is 0 Å². The number of anilines is 2. The van der Waals surface area contributed by atoms with Crippen LogP contribution in [-0.4, -0.2) is 18.1 Å². The van der Waals surface area contributed by atoms with Crippen molar-refractivity contribution in [1.29, 1.82) is 0 Å². The van der Waals surface area contributed by atoms with E-state index in [0.717, 1.165) is 12.1 Å². The predicted molar refractivity (Wildman–Crippen MR) is 72.6 cm³/mol. The van der Waals surface area contributed by atoms with Crippen LogP contribution in [0.1, 0.15) is 23.0 Å². The molecule has 1 heterocycles. The Morgan fingerprint density at radius 1 is 1.44 bits per heavy atom. The lowest BCUT2D eigenvalue weighted by Gasteiger charge is -2.07. The Labute approximate surface area is 110 Å². The molecule has 4 nitrogen and oxygen atoms in total. The van der Waals surface area contributed by atoms with Crippen molar-refractivity contribution in [3.63, 3.8) is 0 Å². The van der Waals surface area contributed by atoms with Gasteiger partial charge in [-0.15, -0.1) is 11.3 Å². The summed E-state index contributed by atoms with van der Waals surface area (Å²) >= 11 is 1.38. The van der Waals surface area contributed by atoms with Crippen molar-refractivity contribution in [1.82, 2.24) is 4.98 Å². The topological polar surface area (TPSA) is 51.2 Å². The summed E-state index contributed by atoms with van der Waals surface area (Å²) in [6.07, 6.45) is 0.943.